The van der Waals surface area contributed by atoms with Crippen molar-refractivity contribution >= 4 is 34.2 Å². The van der Waals surface area contributed by atoms with Gasteiger partial charge in [0, 0.05) is 0 Å². The molecule has 0 amide bonds. The second-order valence-corrected chi connectivity index (χ2v) is 3.22. The number of rotatable bonds is 0. The molecule has 0 atom stereocenters. The maximum absolute atomic E-state index is 9.09. The molecule has 2 nitrogen and oxygen atoms in total. The van der Waals surface area contributed by atoms with Crippen LogP contribution in [0.2, 0.25) is 5.02 Å². The van der Waals surface area contributed by atoms with E-state index in [1.165, 1.54) is 12.1 Å². The fourth-order valence-electron chi connectivity index (χ4n) is 0.530. The Kier molecular flexibility index (Phi) is 2.25. The molecule has 0 saturated carbocycles. The Bertz CT molecular complexity index is 235. The molecule has 1 aromatic carbocycles. The number of halogens is 2. The van der Waals surface area contributed by atoms with Crippen LogP contribution in [0.4, 0.5) is 0 Å². The van der Waals surface area contributed by atoms with Crippen LogP contribution in [0.1, 0.15) is 0 Å². The highest BCUT2D eigenvalue weighted by Crippen LogP contribution is 2.34. The van der Waals surface area contributed by atoms with E-state index in [4.69, 9.17) is 21.8 Å². The summed E-state index contributed by atoms with van der Waals surface area (Å²) in [5, 5.41) is 18.3. The summed E-state index contributed by atoms with van der Waals surface area (Å²) in [7, 11) is 0. The number of phenolic OH excluding ortho intramolecular Hbond substituents is 2. The average Bonchev–Trinajstić information content (AvgIpc) is 1.93. The fraction of sp³-hybridized carbons (Fsp3) is 0. The van der Waals surface area contributed by atoms with Crippen LogP contribution in [0.15, 0.2) is 12.1 Å². The Balaban J connectivity index is 3.34. The lowest BCUT2D eigenvalue weighted by atomic mass is 10.3. The minimum atomic E-state index is -0.0673. The van der Waals surface area contributed by atoms with E-state index in [-0.39, 0.29) is 16.5 Å². The molecule has 0 saturated heterocycles. The lowest BCUT2D eigenvalue weighted by molar-refractivity contribution is 0.444. The van der Waals surface area contributed by atoms with Gasteiger partial charge in [-0.15, -0.1) is 0 Å². The number of hydrogen-bond acceptors (Lipinski definition) is 2. The Morgan fingerprint density at radius 1 is 1.30 bits per heavy atom. The van der Waals surface area contributed by atoms with Crippen LogP contribution in [-0.2, 0) is 0 Å². The normalized spacial score (nSPS) is 9.80. The van der Waals surface area contributed by atoms with E-state index >= 15 is 0 Å². The SMILES string of the molecule is Oc1ccc(Cl)c(O)c1I. The Hall–Kier alpha value is -0.160. The number of phenols is 2. The maximum atomic E-state index is 9.09. The van der Waals surface area contributed by atoms with Crippen molar-refractivity contribution in [3.63, 3.8) is 0 Å². The van der Waals surface area contributed by atoms with E-state index in [0.29, 0.717) is 3.57 Å². The molecule has 4 heteroatoms. The highest BCUT2D eigenvalue weighted by molar-refractivity contribution is 14.1. The fourth-order valence-corrected chi connectivity index (χ4v) is 1.32. The molecule has 1 aromatic rings. The van der Waals surface area contributed by atoms with E-state index < -0.39 is 0 Å². The van der Waals surface area contributed by atoms with E-state index in [1.54, 1.807) is 0 Å². The van der Waals surface area contributed by atoms with Crippen molar-refractivity contribution in [1.29, 1.82) is 0 Å². The molecule has 10 heavy (non-hydrogen) atoms. The number of aromatic hydroxyl groups is 2. The van der Waals surface area contributed by atoms with E-state index in [0.717, 1.165) is 0 Å². The summed E-state index contributed by atoms with van der Waals surface area (Å²) in [6.45, 7) is 0. The van der Waals surface area contributed by atoms with Gasteiger partial charge in [-0.2, -0.15) is 0 Å². The number of hydrogen-bond donors (Lipinski definition) is 2. The van der Waals surface area contributed by atoms with Gasteiger partial charge in [0.15, 0.2) is 5.75 Å². The molecule has 0 aliphatic heterocycles. The van der Waals surface area contributed by atoms with Gasteiger partial charge in [0.2, 0.25) is 0 Å². The first-order chi connectivity index (χ1) is 4.63. The van der Waals surface area contributed by atoms with Crippen LogP contribution >= 0.6 is 34.2 Å². The van der Waals surface area contributed by atoms with E-state index in [9.17, 15) is 0 Å². The third kappa shape index (κ3) is 1.29. The lowest BCUT2D eigenvalue weighted by Crippen LogP contribution is -1.75. The molecule has 1 rings (SSSR count). The monoisotopic (exact) mass is 270 g/mol. The highest BCUT2D eigenvalue weighted by Gasteiger charge is 2.06. The van der Waals surface area contributed by atoms with Gasteiger partial charge >= 0.3 is 0 Å². The molecular formula is C6H4ClIO2. The third-order valence-corrected chi connectivity index (χ3v) is 2.42. The summed E-state index contributed by atoms with van der Waals surface area (Å²) in [4.78, 5) is 0. The van der Waals surface area contributed by atoms with Gasteiger partial charge in [-0.05, 0) is 34.7 Å². The first-order valence-corrected chi connectivity index (χ1v) is 3.94. The quantitative estimate of drug-likeness (QED) is 0.711. The van der Waals surface area contributed by atoms with Crippen molar-refractivity contribution in [3.05, 3.63) is 20.7 Å². The minimum Gasteiger partial charge on any atom is -0.507 e. The molecule has 0 aromatic heterocycles. The summed E-state index contributed by atoms with van der Waals surface area (Å²) < 4.78 is 0.380. The molecule has 0 fully saturated rings. The Labute approximate surface area is 76.6 Å². The number of benzene rings is 1. The standard InChI is InChI=1S/C6H4ClIO2/c7-3-1-2-4(9)5(8)6(3)10/h1-2,9-10H. The summed E-state index contributed by atoms with van der Waals surface area (Å²) in [6.07, 6.45) is 0. The Morgan fingerprint density at radius 2 is 1.90 bits per heavy atom. The highest BCUT2D eigenvalue weighted by atomic mass is 127. The van der Waals surface area contributed by atoms with Gasteiger partial charge in [-0.1, -0.05) is 11.6 Å². The molecule has 0 aliphatic rings. The summed E-state index contributed by atoms with van der Waals surface area (Å²) in [6, 6.07) is 2.87. The van der Waals surface area contributed by atoms with Crippen molar-refractivity contribution in [3.8, 4) is 11.5 Å². The zero-order valence-corrected chi connectivity index (χ0v) is 7.72. The minimum absolute atomic E-state index is 0.0440. The molecule has 0 unspecified atom stereocenters. The van der Waals surface area contributed by atoms with Crippen molar-refractivity contribution in [2.24, 2.45) is 0 Å². The van der Waals surface area contributed by atoms with Gasteiger partial charge < -0.3 is 10.2 Å². The molecule has 0 spiro atoms. The van der Waals surface area contributed by atoms with Crippen molar-refractivity contribution in [2.75, 3.05) is 0 Å². The van der Waals surface area contributed by atoms with Crippen molar-refractivity contribution in [2.45, 2.75) is 0 Å². The van der Waals surface area contributed by atoms with Gasteiger partial charge in [-0.3, -0.25) is 0 Å². The predicted molar refractivity (Wildman–Crippen MR) is 47.5 cm³/mol. The van der Waals surface area contributed by atoms with Crippen LogP contribution in [0, 0.1) is 3.57 Å². The predicted octanol–water partition coefficient (Wildman–Crippen LogP) is 2.36. The van der Waals surface area contributed by atoms with Crippen LogP contribution in [0.25, 0.3) is 0 Å². The zero-order valence-electron chi connectivity index (χ0n) is 4.81. The molecule has 54 valence electrons. The first-order valence-electron chi connectivity index (χ1n) is 2.49. The van der Waals surface area contributed by atoms with Crippen LogP contribution in [-0.4, -0.2) is 10.2 Å². The van der Waals surface area contributed by atoms with Gasteiger partial charge in [-0.25, -0.2) is 0 Å². The zero-order chi connectivity index (χ0) is 7.72. The van der Waals surface area contributed by atoms with E-state index in [1.807, 2.05) is 22.6 Å². The second kappa shape index (κ2) is 2.84. The molecule has 0 bridgehead atoms. The summed E-state index contributed by atoms with van der Waals surface area (Å²) >= 11 is 7.33. The van der Waals surface area contributed by atoms with Gasteiger partial charge in [0.25, 0.3) is 0 Å². The summed E-state index contributed by atoms with van der Waals surface area (Å²) in [5.74, 6) is -0.0234. The van der Waals surface area contributed by atoms with Crippen LogP contribution in [0.3, 0.4) is 0 Å². The maximum Gasteiger partial charge on any atom is 0.151 e. The third-order valence-electron chi connectivity index (χ3n) is 1.05. The van der Waals surface area contributed by atoms with Crippen molar-refractivity contribution < 1.29 is 10.2 Å². The smallest absolute Gasteiger partial charge is 0.151 e. The second-order valence-electron chi connectivity index (χ2n) is 1.73. The first kappa shape index (κ1) is 7.94. The van der Waals surface area contributed by atoms with Crippen molar-refractivity contribution in [1.82, 2.24) is 0 Å². The molecular weight excluding hydrogens is 266 g/mol. The van der Waals surface area contributed by atoms with Gasteiger partial charge in [0.1, 0.15) is 5.75 Å². The topological polar surface area (TPSA) is 40.5 Å². The largest absolute Gasteiger partial charge is 0.507 e. The van der Waals surface area contributed by atoms with Gasteiger partial charge in [0.05, 0.1) is 8.59 Å². The van der Waals surface area contributed by atoms with E-state index in [2.05, 4.69) is 0 Å². The summed E-state index contributed by atoms with van der Waals surface area (Å²) in [5.41, 5.74) is 0. The molecule has 0 heterocycles. The Morgan fingerprint density at radius 3 is 2.40 bits per heavy atom. The lowest BCUT2D eigenvalue weighted by Gasteiger charge is -2.00. The van der Waals surface area contributed by atoms with Crippen LogP contribution < -0.4 is 0 Å². The molecule has 0 radical (unpaired) electrons. The molecule has 2 N–H and O–H groups in total. The molecule has 0 aliphatic carbocycles. The average molecular weight is 270 g/mol. The van der Waals surface area contributed by atoms with Crippen LogP contribution in [0.5, 0.6) is 11.5 Å².